The number of benzene rings is 4. The fourth-order valence-corrected chi connectivity index (χ4v) is 6.06. The van der Waals surface area contributed by atoms with E-state index in [1.807, 2.05) is 104 Å². The molecule has 0 unspecified atom stereocenters. The second-order valence-corrected chi connectivity index (χ2v) is 16.0. The van der Waals surface area contributed by atoms with Crippen molar-refractivity contribution in [1.82, 2.24) is 0 Å². The highest BCUT2D eigenvalue weighted by atomic mass is 16.4. The van der Waals surface area contributed by atoms with Crippen molar-refractivity contribution in [2.45, 2.75) is 107 Å². The van der Waals surface area contributed by atoms with Gasteiger partial charge in [0.1, 0.15) is 23.0 Å². The molecule has 0 aliphatic carbocycles. The third kappa shape index (κ3) is 22.3. The van der Waals surface area contributed by atoms with E-state index < -0.39 is 55.7 Å². The van der Waals surface area contributed by atoms with E-state index in [1.165, 1.54) is 0 Å². The van der Waals surface area contributed by atoms with E-state index in [-0.39, 0.29) is 25.7 Å². The lowest BCUT2D eigenvalue weighted by Crippen LogP contribution is -2.37. The highest BCUT2D eigenvalue weighted by Gasteiger charge is 2.26. The van der Waals surface area contributed by atoms with Crippen LogP contribution in [0.3, 0.4) is 0 Å². The van der Waals surface area contributed by atoms with Crippen LogP contribution in [0.1, 0.15) is 92.4 Å². The minimum absolute atomic E-state index is 0.129. The molecule has 0 aliphatic rings. The molecule has 360 valence electrons. The lowest BCUT2D eigenvalue weighted by molar-refractivity contribution is -0.138. The molecule has 0 heterocycles. The molecule has 0 atom stereocenters. The molecule has 0 fully saturated rings. The summed E-state index contributed by atoms with van der Waals surface area (Å²) in [7, 11) is 0. The first-order valence-corrected chi connectivity index (χ1v) is 20.7. The largest absolute Gasteiger partial charge is 0.507 e. The molecule has 0 spiro atoms. The summed E-state index contributed by atoms with van der Waals surface area (Å²) in [6, 6.07) is 14.6. The van der Waals surface area contributed by atoms with Gasteiger partial charge in [0.2, 0.25) is 0 Å². The van der Waals surface area contributed by atoms with Crippen LogP contribution in [0.15, 0.2) is 48.5 Å². The van der Waals surface area contributed by atoms with Crippen molar-refractivity contribution in [1.29, 1.82) is 0 Å². The SMILES string of the molecule is Cc1cc(CCC(=O)O)cc(C)c1O.Cc1cc(CCC(=O)O)cc(C)c1O.Cc1cc(CCC(=O)O)cc(C)c1O.Cc1cc(CCC(=O)O)cc(C)c1O.OCC(CO)(CO)CO. The molecule has 0 amide bonds. The standard InChI is InChI=1S/4C11H14O3.C5H12O4/c4*1-7-5-9(3-4-10(12)13)6-8(2)11(7)14;6-1-5(2-7,3-8)4-9/h4*5-6,14H,3-4H2,1-2H3,(H,12,13);6-9H,1-4H2. The number of aryl methyl sites for hydroxylation is 12. The molecule has 0 radical (unpaired) electrons. The molecule has 0 bridgehead atoms. The molecular formula is C49H68O16. The molecule has 16 heteroatoms. The highest BCUT2D eigenvalue weighted by molar-refractivity contribution is 5.68. The molecule has 4 aromatic rings. The topological polar surface area (TPSA) is 311 Å². The zero-order chi connectivity index (χ0) is 50.2. The average molecular weight is 913 g/mol. The van der Waals surface area contributed by atoms with Gasteiger partial charge in [0, 0.05) is 25.7 Å². The highest BCUT2D eigenvalue weighted by Crippen LogP contribution is 2.26. The molecule has 4 rings (SSSR count). The Hall–Kier alpha value is -6.20. The fourth-order valence-electron chi connectivity index (χ4n) is 6.06. The van der Waals surface area contributed by atoms with Crippen LogP contribution >= 0.6 is 0 Å². The van der Waals surface area contributed by atoms with Crippen LogP contribution in [-0.2, 0) is 44.9 Å². The van der Waals surface area contributed by atoms with Crippen LogP contribution in [0, 0.1) is 60.8 Å². The summed E-state index contributed by atoms with van der Waals surface area (Å²) in [6.45, 7) is 12.9. The number of carboxylic acid groups (broad SMARTS) is 4. The Labute approximate surface area is 380 Å². The molecule has 0 aromatic heterocycles. The number of carbonyl (C=O) groups is 4. The number of rotatable bonds is 16. The summed E-state index contributed by atoms with van der Waals surface area (Å²) in [5.41, 5.74) is 9.10. The van der Waals surface area contributed by atoms with Gasteiger partial charge in [-0.25, -0.2) is 0 Å². The number of aliphatic carboxylic acids is 4. The summed E-state index contributed by atoms with van der Waals surface area (Å²) in [4.78, 5) is 41.4. The van der Waals surface area contributed by atoms with Crippen LogP contribution in [0.2, 0.25) is 0 Å². The number of aromatic hydroxyl groups is 4. The molecule has 4 aromatic carbocycles. The van der Waals surface area contributed by atoms with Crippen LogP contribution in [0.5, 0.6) is 23.0 Å². The summed E-state index contributed by atoms with van der Waals surface area (Å²) < 4.78 is 0. The molecule has 16 nitrogen and oxygen atoms in total. The van der Waals surface area contributed by atoms with Gasteiger partial charge in [0.05, 0.1) is 31.8 Å². The number of hydrogen-bond donors (Lipinski definition) is 12. The molecule has 12 N–H and O–H groups in total. The lowest BCUT2D eigenvalue weighted by atomic mass is 9.93. The van der Waals surface area contributed by atoms with Gasteiger partial charge in [-0.15, -0.1) is 0 Å². The van der Waals surface area contributed by atoms with Crippen molar-refractivity contribution in [3.63, 3.8) is 0 Å². The Balaban J connectivity index is 0.000000794. The summed E-state index contributed by atoms with van der Waals surface area (Å²) in [6.07, 6.45) is 2.56. The van der Waals surface area contributed by atoms with E-state index in [1.54, 1.807) is 0 Å². The first-order chi connectivity index (χ1) is 30.3. The van der Waals surface area contributed by atoms with E-state index in [9.17, 15) is 39.6 Å². The average Bonchev–Trinajstić information content (AvgIpc) is 3.24. The Morgan fingerprint density at radius 1 is 0.338 bits per heavy atom. The quantitative estimate of drug-likeness (QED) is 0.0609. The monoisotopic (exact) mass is 912 g/mol. The number of phenolic OH excluding ortho intramolecular Hbond substituents is 4. The lowest BCUT2D eigenvalue weighted by Gasteiger charge is -2.23. The summed E-state index contributed by atoms with van der Waals surface area (Å²) in [5.74, 6) is -2.01. The van der Waals surface area contributed by atoms with Gasteiger partial charge in [0.25, 0.3) is 0 Å². The van der Waals surface area contributed by atoms with Crippen LogP contribution in [0.25, 0.3) is 0 Å². The van der Waals surface area contributed by atoms with Crippen LogP contribution < -0.4 is 0 Å². The maximum Gasteiger partial charge on any atom is 0.303 e. The predicted octanol–water partition coefficient (Wildman–Crippen LogP) is 6.05. The van der Waals surface area contributed by atoms with Gasteiger partial charge in [0.15, 0.2) is 0 Å². The van der Waals surface area contributed by atoms with E-state index in [4.69, 9.17) is 40.9 Å². The van der Waals surface area contributed by atoms with Crippen molar-refractivity contribution >= 4 is 23.9 Å². The second-order valence-electron chi connectivity index (χ2n) is 16.0. The van der Waals surface area contributed by atoms with Crippen molar-refractivity contribution in [2.24, 2.45) is 5.41 Å². The Morgan fingerprint density at radius 3 is 0.569 bits per heavy atom. The minimum atomic E-state index is -1.11. The van der Waals surface area contributed by atoms with E-state index >= 15 is 0 Å². The Bertz CT molecular complexity index is 1780. The van der Waals surface area contributed by atoms with Gasteiger partial charge in [-0.2, -0.15) is 0 Å². The minimum Gasteiger partial charge on any atom is -0.507 e. The summed E-state index contributed by atoms with van der Waals surface area (Å²) in [5, 5.41) is 106. The third-order valence-corrected chi connectivity index (χ3v) is 10.1. The number of carboxylic acids is 4. The molecule has 0 saturated carbocycles. The number of hydrogen-bond acceptors (Lipinski definition) is 12. The number of phenols is 4. The van der Waals surface area contributed by atoms with Crippen LogP contribution in [-0.4, -0.2) is 112 Å². The van der Waals surface area contributed by atoms with Crippen molar-refractivity contribution in [3.8, 4) is 23.0 Å². The smallest absolute Gasteiger partial charge is 0.303 e. The van der Waals surface area contributed by atoms with Crippen LogP contribution in [0.4, 0.5) is 0 Å². The maximum absolute atomic E-state index is 10.4. The second kappa shape index (κ2) is 29.3. The number of aliphatic hydroxyl groups is 4. The molecule has 65 heavy (non-hydrogen) atoms. The zero-order valence-corrected chi connectivity index (χ0v) is 38.6. The van der Waals surface area contributed by atoms with Gasteiger partial charge in [-0.05, 0) is 148 Å². The van der Waals surface area contributed by atoms with E-state index in [2.05, 4.69) is 0 Å². The van der Waals surface area contributed by atoms with Gasteiger partial charge in [-0.1, -0.05) is 48.5 Å². The maximum atomic E-state index is 10.4. The van der Waals surface area contributed by atoms with Gasteiger partial charge in [-0.3, -0.25) is 19.2 Å². The first-order valence-electron chi connectivity index (χ1n) is 20.7. The van der Waals surface area contributed by atoms with Gasteiger partial charge < -0.3 is 61.3 Å². The molecule has 0 aliphatic heterocycles. The Morgan fingerprint density at radius 2 is 0.477 bits per heavy atom. The summed E-state index contributed by atoms with van der Waals surface area (Å²) >= 11 is 0. The Kier molecular flexibility index (Phi) is 26.5. The predicted molar refractivity (Wildman–Crippen MR) is 245 cm³/mol. The first kappa shape index (κ1) is 58.8. The van der Waals surface area contributed by atoms with Gasteiger partial charge >= 0.3 is 23.9 Å². The fraction of sp³-hybridized carbons (Fsp3) is 0.429. The normalized spacial score (nSPS) is 10.4. The van der Waals surface area contributed by atoms with E-state index in [0.29, 0.717) is 48.7 Å². The molecular weight excluding hydrogens is 845 g/mol. The van der Waals surface area contributed by atoms with Crippen molar-refractivity contribution in [2.75, 3.05) is 26.4 Å². The van der Waals surface area contributed by atoms with E-state index in [0.717, 1.165) is 66.8 Å². The molecule has 0 saturated heterocycles. The number of aliphatic hydroxyl groups excluding tert-OH is 4. The van der Waals surface area contributed by atoms with Crippen molar-refractivity contribution in [3.05, 3.63) is 115 Å². The third-order valence-electron chi connectivity index (χ3n) is 10.1. The zero-order valence-electron chi connectivity index (χ0n) is 38.6. The van der Waals surface area contributed by atoms with Crippen molar-refractivity contribution < 1.29 is 80.5 Å².